The third-order valence-corrected chi connectivity index (χ3v) is 2.56. The van der Waals surface area contributed by atoms with E-state index in [2.05, 4.69) is 15.3 Å². The van der Waals surface area contributed by atoms with Crippen molar-refractivity contribution >= 4 is 5.95 Å². The van der Waals surface area contributed by atoms with Gasteiger partial charge >= 0.3 is 0 Å². The second-order valence-corrected chi connectivity index (χ2v) is 3.69. The highest BCUT2D eigenvalue weighted by Gasteiger charge is 2.29. The Morgan fingerprint density at radius 1 is 1.50 bits per heavy atom. The smallest absolute Gasteiger partial charge is 0.223 e. The third kappa shape index (κ3) is 2.01. The maximum Gasteiger partial charge on any atom is 0.223 e. The van der Waals surface area contributed by atoms with Gasteiger partial charge in [0.05, 0.1) is 6.10 Å². The Hall–Kier alpha value is -1.16. The Labute approximate surface area is 83.7 Å². The molecule has 4 nitrogen and oxygen atoms in total. The number of nitrogens with zero attached hydrogens (tertiary/aromatic N) is 2. The van der Waals surface area contributed by atoms with Crippen LogP contribution >= 0.6 is 0 Å². The molecule has 1 aromatic heterocycles. The van der Waals surface area contributed by atoms with Crippen molar-refractivity contribution in [1.82, 2.24) is 9.97 Å². The van der Waals surface area contributed by atoms with E-state index in [-0.39, 0.29) is 0 Å². The molecule has 1 heterocycles. The zero-order valence-corrected chi connectivity index (χ0v) is 8.53. The van der Waals surface area contributed by atoms with Crippen molar-refractivity contribution in [1.29, 1.82) is 0 Å². The molecule has 1 saturated carbocycles. The lowest BCUT2D eigenvalue weighted by Crippen LogP contribution is -2.40. The molecule has 1 fully saturated rings. The Morgan fingerprint density at radius 3 is 2.93 bits per heavy atom. The monoisotopic (exact) mass is 193 g/mol. The molecule has 76 valence electrons. The van der Waals surface area contributed by atoms with Gasteiger partial charge in [-0.1, -0.05) is 0 Å². The normalized spacial score (nSPS) is 25.6. The topological polar surface area (TPSA) is 47.0 Å². The molecular formula is C10H15N3O. The number of hydrogen-bond acceptors (Lipinski definition) is 4. The quantitative estimate of drug-likeness (QED) is 0.787. The molecule has 4 heteroatoms. The number of aromatic nitrogens is 2. The third-order valence-electron chi connectivity index (χ3n) is 2.56. The molecular weight excluding hydrogens is 178 g/mol. The van der Waals surface area contributed by atoms with Gasteiger partial charge in [0.1, 0.15) is 0 Å². The minimum absolute atomic E-state index is 0.414. The summed E-state index contributed by atoms with van der Waals surface area (Å²) in [6, 6.07) is 2.37. The summed E-state index contributed by atoms with van der Waals surface area (Å²) in [5, 5.41) is 3.28. The molecule has 0 amide bonds. The first-order valence-electron chi connectivity index (χ1n) is 4.87. The molecule has 0 spiro atoms. The second-order valence-electron chi connectivity index (χ2n) is 3.69. The average molecular weight is 193 g/mol. The molecule has 1 aromatic rings. The highest BCUT2D eigenvalue weighted by molar-refractivity contribution is 5.27. The van der Waals surface area contributed by atoms with Crippen LogP contribution in [-0.4, -0.2) is 29.2 Å². The first-order valence-corrected chi connectivity index (χ1v) is 4.87. The molecule has 0 unspecified atom stereocenters. The number of anilines is 1. The van der Waals surface area contributed by atoms with E-state index in [4.69, 9.17) is 4.74 Å². The summed E-state index contributed by atoms with van der Waals surface area (Å²) in [5.41, 5.74) is 0.991. The Morgan fingerprint density at radius 2 is 2.29 bits per heavy atom. The maximum atomic E-state index is 5.20. The van der Waals surface area contributed by atoms with Crippen LogP contribution in [0.15, 0.2) is 12.3 Å². The van der Waals surface area contributed by atoms with Gasteiger partial charge in [-0.15, -0.1) is 0 Å². The van der Waals surface area contributed by atoms with E-state index >= 15 is 0 Å². The largest absolute Gasteiger partial charge is 0.381 e. The van der Waals surface area contributed by atoms with Gasteiger partial charge in [-0.05, 0) is 25.8 Å². The van der Waals surface area contributed by atoms with Crippen LogP contribution in [0.5, 0.6) is 0 Å². The Kier molecular flexibility index (Phi) is 2.63. The lowest BCUT2D eigenvalue weighted by atomic mass is 9.89. The van der Waals surface area contributed by atoms with Crippen LogP contribution in [-0.2, 0) is 4.74 Å². The van der Waals surface area contributed by atoms with E-state index in [0.29, 0.717) is 12.1 Å². The highest BCUT2D eigenvalue weighted by Crippen LogP contribution is 2.24. The van der Waals surface area contributed by atoms with E-state index in [1.54, 1.807) is 13.3 Å². The SMILES string of the molecule is COC1CC(Nc2nccc(C)n2)C1. The van der Waals surface area contributed by atoms with Crippen LogP contribution in [0.3, 0.4) is 0 Å². The van der Waals surface area contributed by atoms with Crippen molar-refractivity contribution in [2.24, 2.45) is 0 Å². The molecule has 0 aliphatic heterocycles. The zero-order chi connectivity index (χ0) is 9.97. The lowest BCUT2D eigenvalue weighted by molar-refractivity contribution is 0.0327. The van der Waals surface area contributed by atoms with Crippen molar-refractivity contribution in [3.05, 3.63) is 18.0 Å². The molecule has 0 saturated heterocycles. The number of aryl methyl sites for hydroxylation is 1. The predicted molar refractivity (Wildman–Crippen MR) is 54.2 cm³/mol. The number of methoxy groups -OCH3 is 1. The fourth-order valence-electron chi connectivity index (χ4n) is 1.58. The van der Waals surface area contributed by atoms with Crippen LogP contribution in [0.4, 0.5) is 5.95 Å². The maximum absolute atomic E-state index is 5.20. The summed E-state index contributed by atoms with van der Waals surface area (Å²) < 4.78 is 5.20. The van der Waals surface area contributed by atoms with E-state index in [9.17, 15) is 0 Å². The first kappa shape index (κ1) is 9.40. The molecule has 2 rings (SSSR count). The standard InChI is InChI=1S/C10H15N3O/c1-7-3-4-11-10(12-7)13-8-5-9(6-8)14-2/h3-4,8-9H,5-6H2,1-2H3,(H,11,12,13). The lowest BCUT2D eigenvalue weighted by Gasteiger charge is -2.34. The van der Waals surface area contributed by atoms with Gasteiger partial charge in [0.15, 0.2) is 0 Å². The van der Waals surface area contributed by atoms with Gasteiger partial charge < -0.3 is 10.1 Å². The Balaban J connectivity index is 1.87. The molecule has 1 N–H and O–H groups in total. The number of rotatable bonds is 3. The van der Waals surface area contributed by atoms with Gasteiger partial charge in [-0.2, -0.15) is 0 Å². The van der Waals surface area contributed by atoms with Crippen molar-refractivity contribution in [2.45, 2.75) is 31.9 Å². The van der Waals surface area contributed by atoms with Crippen LogP contribution in [0, 0.1) is 6.92 Å². The molecule has 1 aliphatic rings. The van der Waals surface area contributed by atoms with E-state index in [1.165, 1.54) is 0 Å². The summed E-state index contributed by atoms with van der Waals surface area (Å²) in [6.45, 7) is 1.96. The van der Waals surface area contributed by atoms with Crippen molar-refractivity contribution in [2.75, 3.05) is 12.4 Å². The molecule has 0 atom stereocenters. The zero-order valence-electron chi connectivity index (χ0n) is 8.53. The van der Waals surface area contributed by atoms with Gasteiger partial charge in [-0.3, -0.25) is 0 Å². The summed E-state index contributed by atoms with van der Waals surface area (Å²) in [5.74, 6) is 0.726. The van der Waals surface area contributed by atoms with Gasteiger partial charge in [0.2, 0.25) is 5.95 Å². The summed E-state index contributed by atoms with van der Waals surface area (Å²) in [4.78, 5) is 8.43. The number of nitrogens with one attached hydrogen (secondary N) is 1. The molecule has 1 aliphatic carbocycles. The Bertz CT molecular complexity index is 310. The molecule has 0 radical (unpaired) electrons. The predicted octanol–water partition coefficient (Wildman–Crippen LogP) is 1.37. The second kappa shape index (κ2) is 3.92. The minimum Gasteiger partial charge on any atom is -0.381 e. The van der Waals surface area contributed by atoms with Gasteiger partial charge in [0.25, 0.3) is 0 Å². The molecule has 14 heavy (non-hydrogen) atoms. The molecule has 0 aromatic carbocycles. The summed E-state index contributed by atoms with van der Waals surface area (Å²) in [6.07, 6.45) is 4.29. The van der Waals surface area contributed by atoms with Crippen LogP contribution < -0.4 is 5.32 Å². The van der Waals surface area contributed by atoms with Crippen molar-refractivity contribution in [3.8, 4) is 0 Å². The summed E-state index contributed by atoms with van der Waals surface area (Å²) >= 11 is 0. The minimum atomic E-state index is 0.414. The van der Waals surface area contributed by atoms with Crippen LogP contribution in [0.25, 0.3) is 0 Å². The van der Waals surface area contributed by atoms with Crippen LogP contribution in [0.1, 0.15) is 18.5 Å². The fraction of sp³-hybridized carbons (Fsp3) is 0.600. The van der Waals surface area contributed by atoms with E-state index < -0.39 is 0 Å². The molecule has 0 bridgehead atoms. The van der Waals surface area contributed by atoms with E-state index in [1.807, 2.05) is 13.0 Å². The highest BCUT2D eigenvalue weighted by atomic mass is 16.5. The average Bonchev–Trinajstić information content (AvgIpc) is 2.10. The fourth-order valence-corrected chi connectivity index (χ4v) is 1.58. The van der Waals surface area contributed by atoms with Gasteiger partial charge in [-0.25, -0.2) is 9.97 Å². The summed E-state index contributed by atoms with van der Waals surface area (Å²) in [7, 11) is 1.75. The van der Waals surface area contributed by atoms with Crippen molar-refractivity contribution < 1.29 is 4.74 Å². The number of ether oxygens (including phenoxy) is 1. The first-order chi connectivity index (χ1) is 6.78. The van der Waals surface area contributed by atoms with Gasteiger partial charge in [0, 0.05) is 25.0 Å². The van der Waals surface area contributed by atoms with Crippen molar-refractivity contribution in [3.63, 3.8) is 0 Å². The van der Waals surface area contributed by atoms with E-state index in [0.717, 1.165) is 24.5 Å². The number of hydrogen-bond donors (Lipinski definition) is 1. The van der Waals surface area contributed by atoms with Crippen LogP contribution in [0.2, 0.25) is 0 Å².